The fourth-order valence-corrected chi connectivity index (χ4v) is 3.19. The van der Waals surface area contributed by atoms with Crippen LogP contribution in [0.25, 0.3) is 0 Å². The summed E-state index contributed by atoms with van der Waals surface area (Å²) in [5, 5.41) is 3.47. The Hall–Kier alpha value is -0.610. The molecular formula is C14H27N3O. The highest BCUT2D eigenvalue weighted by atomic mass is 16.2. The summed E-state index contributed by atoms with van der Waals surface area (Å²) in [6.45, 7) is 8.66. The normalized spacial score (nSPS) is 29.6. The lowest BCUT2D eigenvalue weighted by Crippen LogP contribution is -2.49. The number of rotatable bonds is 4. The Balaban J connectivity index is 1.97. The molecule has 1 N–H and O–H groups in total. The van der Waals surface area contributed by atoms with Gasteiger partial charge in [0.1, 0.15) is 0 Å². The lowest BCUT2D eigenvalue weighted by atomic mass is 9.97. The molecule has 4 heteroatoms. The van der Waals surface area contributed by atoms with E-state index in [4.69, 9.17) is 0 Å². The lowest BCUT2D eigenvalue weighted by Gasteiger charge is -2.35. The van der Waals surface area contributed by atoms with Gasteiger partial charge in [0.2, 0.25) is 5.91 Å². The Morgan fingerprint density at radius 1 is 1.44 bits per heavy atom. The second kappa shape index (κ2) is 6.02. The highest BCUT2D eigenvalue weighted by Gasteiger charge is 2.36. The van der Waals surface area contributed by atoms with E-state index in [1.54, 1.807) is 0 Å². The maximum atomic E-state index is 12.2. The third kappa shape index (κ3) is 3.04. The van der Waals surface area contributed by atoms with Gasteiger partial charge in [-0.25, -0.2) is 0 Å². The molecule has 2 atom stereocenters. The van der Waals surface area contributed by atoms with E-state index in [0.717, 1.165) is 32.6 Å². The van der Waals surface area contributed by atoms with Crippen LogP contribution in [0.3, 0.4) is 0 Å². The number of likely N-dealkylation sites (tertiary alicyclic amines) is 1. The van der Waals surface area contributed by atoms with Gasteiger partial charge in [-0.05, 0) is 52.1 Å². The monoisotopic (exact) mass is 253 g/mol. The second-order valence-electron chi connectivity index (χ2n) is 6.07. The number of likely N-dealkylation sites (N-methyl/N-ethyl adjacent to an activating group) is 1. The standard InChI is InChI=1S/C14H27N3O/c1-11(2)17(10-12-5-4-7-15-9-12)13-6-8-16(3)14(13)18/h11-13,15H,4-10H2,1-3H3. The quantitative estimate of drug-likeness (QED) is 0.809. The van der Waals surface area contributed by atoms with Gasteiger partial charge >= 0.3 is 0 Å². The minimum absolute atomic E-state index is 0.122. The zero-order valence-corrected chi connectivity index (χ0v) is 12.0. The van der Waals surface area contributed by atoms with Crippen molar-refractivity contribution in [2.45, 2.75) is 45.2 Å². The molecule has 18 heavy (non-hydrogen) atoms. The van der Waals surface area contributed by atoms with E-state index in [2.05, 4.69) is 24.1 Å². The molecule has 0 bridgehead atoms. The molecule has 2 aliphatic rings. The lowest BCUT2D eigenvalue weighted by molar-refractivity contribution is -0.131. The van der Waals surface area contributed by atoms with E-state index >= 15 is 0 Å². The molecule has 0 saturated carbocycles. The van der Waals surface area contributed by atoms with Crippen LogP contribution < -0.4 is 5.32 Å². The zero-order valence-electron chi connectivity index (χ0n) is 12.0. The first kappa shape index (κ1) is 13.8. The molecule has 2 unspecified atom stereocenters. The summed E-state index contributed by atoms with van der Waals surface area (Å²) < 4.78 is 0. The van der Waals surface area contributed by atoms with Gasteiger partial charge in [-0.15, -0.1) is 0 Å². The van der Waals surface area contributed by atoms with Gasteiger partial charge in [-0.1, -0.05) is 0 Å². The number of hydrogen-bond acceptors (Lipinski definition) is 3. The number of amides is 1. The van der Waals surface area contributed by atoms with Crippen molar-refractivity contribution in [3.63, 3.8) is 0 Å². The number of carbonyl (C=O) groups excluding carboxylic acids is 1. The Morgan fingerprint density at radius 2 is 2.22 bits per heavy atom. The molecule has 0 spiro atoms. The summed E-state index contributed by atoms with van der Waals surface area (Å²) in [6, 6.07) is 0.573. The van der Waals surface area contributed by atoms with Crippen molar-refractivity contribution in [3.05, 3.63) is 0 Å². The topological polar surface area (TPSA) is 35.6 Å². The Bertz CT molecular complexity index is 287. The molecule has 0 aromatic rings. The van der Waals surface area contributed by atoms with Gasteiger partial charge in [0.25, 0.3) is 0 Å². The van der Waals surface area contributed by atoms with Crippen LogP contribution in [0.5, 0.6) is 0 Å². The average molecular weight is 253 g/mol. The molecule has 0 radical (unpaired) electrons. The van der Waals surface area contributed by atoms with E-state index in [1.807, 2.05) is 11.9 Å². The number of hydrogen-bond donors (Lipinski definition) is 1. The van der Waals surface area contributed by atoms with E-state index in [0.29, 0.717) is 17.9 Å². The largest absolute Gasteiger partial charge is 0.344 e. The van der Waals surface area contributed by atoms with Gasteiger partial charge in [0.15, 0.2) is 0 Å². The Labute approximate surface area is 111 Å². The van der Waals surface area contributed by atoms with Crippen LogP contribution in [0.2, 0.25) is 0 Å². The summed E-state index contributed by atoms with van der Waals surface area (Å²) in [6.07, 6.45) is 3.57. The molecule has 104 valence electrons. The maximum absolute atomic E-state index is 12.2. The molecule has 2 saturated heterocycles. The summed E-state index contributed by atoms with van der Waals surface area (Å²) >= 11 is 0. The molecular weight excluding hydrogens is 226 g/mol. The van der Waals surface area contributed by atoms with Crippen LogP contribution in [0.4, 0.5) is 0 Å². The Kier molecular flexibility index (Phi) is 4.62. The van der Waals surface area contributed by atoms with Crippen LogP contribution >= 0.6 is 0 Å². The third-order valence-corrected chi connectivity index (χ3v) is 4.33. The van der Waals surface area contributed by atoms with Crippen LogP contribution in [-0.2, 0) is 4.79 Å². The number of piperidine rings is 1. The van der Waals surface area contributed by atoms with Gasteiger partial charge < -0.3 is 10.2 Å². The van der Waals surface area contributed by atoms with Crippen molar-refractivity contribution in [2.24, 2.45) is 5.92 Å². The van der Waals surface area contributed by atoms with Crippen molar-refractivity contribution in [1.29, 1.82) is 0 Å². The molecule has 2 rings (SSSR count). The maximum Gasteiger partial charge on any atom is 0.239 e. The van der Waals surface area contributed by atoms with Crippen molar-refractivity contribution in [3.8, 4) is 0 Å². The van der Waals surface area contributed by atoms with Gasteiger partial charge in [0, 0.05) is 26.2 Å². The van der Waals surface area contributed by atoms with Crippen molar-refractivity contribution < 1.29 is 4.79 Å². The van der Waals surface area contributed by atoms with Gasteiger partial charge in [-0.2, -0.15) is 0 Å². The minimum atomic E-state index is 0.122. The second-order valence-corrected chi connectivity index (χ2v) is 6.07. The molecule has 2 fully saturated rings. The van der Waals surface area contributed by atoms with Crippen molar-refractivity contribution in [1.82, 2.24) is 15.1 Å². The van der Waals surface area contributed by atoms with E-state index in [9.17, 15) is 4.79 Å². The van der Waals surface area contributed by atoms with Crippen LogP contribution in [0.15, 0.2) is 0 Å². The summed E-state index contributed by atoms with van der Waals surface area (Å²) in [7, 11) is 1.92. The predicted molar refractivity (Wildman–Crippen MR) is 73.5 cm³/mol. The highest BCUT2D eigenvalue weighted by Crippen LogP contribution is 2.21. The van der Waals surface area contributed by atoms with Crippen LogP contribution in [-0.4, -0.2) is 61.0 Å². The summed E-state index contributed by atoms with van der Waals surface area (Å²) in [5.41, 5.74) is 0. The third-order valence-electron chi connectivity index (χ3n) is 4.33. The first-order chi connectivity index (χ1) is 8.59. The molecule has 2 aliphatic heterocycles. The molecule has 4 nitrogen and oxygen atoms in total. The van der Waals surface area contributed by atoms with E-state index in [1.165, 1.54) is 12.8 Å². The Morgan fingerprint density at radius 3 is 2.72 bits per heavy atom. The SMILES string of the molecule is CC(C)N(CC1CCCNC1)C1CCN(C)C1=O. The summed E-state index contributed by atoms with van der Waals surface area (Å²) in [4.78, 5) is 16.5. The predicted octanol–water partition coefficient (Wildman–Crippen LogP) is 0.927. The number of carbonyl (C=O) groups is 1. The van der Waals surface area contributed by atoms with Crippen molar-refractivity contribution >= 4 is 5.91 Å². The van der Waals surface area contributed by atoms with Crippen molar-refractivity contribution in [2.75, 3.05) is 33.2 Å². The fourth-order valence-electron chi connectivity index (χ4n) is 3.19. The smallest absolute Gasteiger partial charge is 0.239 e. The first-order valence-electron chi connectivity index (χ1n) is 7.31. The first-order valence-corrected chi connectivity index (χ1v) is 7.31. The number of nitrogens with one attached hydrogen (secondary N) is 1. The molecule has 2 heterocycles. The molecule has 1 amide bonds. The minimum Gasteiger partial charge on any atom is -0.344 e. The van der Waals surface area contributed by atoms with Crippen LogP contribution in [0, 0.1) is 5.92 Å². The highest BCUT2D eigenvalue weighted by molar-refractivity contribution is 5.83. The summed E-state index contributed by atoms with van der Waals surface area (Å²) in [5.74, 6) is 1.02. The molecule has 0 aromatic heterocycles. The van der Waals surface area contributed by atoms with E-state index in [-0.39, 0.29) is 6.04 Å². The average Bonchev–Trinajstić information content (AvgIpc) is 2.68. The van der Waals surface area contributed by atoms with Gasteiger partial charge in [0.05, 0.1) is 6.04 Å². The number of nitrogens with zero attached hydrogens (tertiary/aromatic N) is 2. The molecule has 0 aromatic carbocycles. The fraction of sp³-hybridized carbons (Fsp3) is 0.929. The van der Waals surface area contributed by atoms with E-state index < -0.39 is 0 Å². The zero-order chi connectivity index (χ0) is 13.1. The molecule has 0 aliphatic carbocycles. The van der Waals surface area contributed by atoms with Crippen LogP contribution in [0.1, 0.15) is 33.1 Å². The van der Waals surface area contributed by atoms with Gasteiger partial charge in [-0.3, -0.25) is 9.69 Å².